The summed E-state index contributed by atoms with van der Waals surface area (Å²) in [6.45, 7) is 0. The highest BCUT2D eigenvalue weighted by Crippen LogP contribution is 2.14. The Balaban J connectivity index is 1.92. The van der Waals surface area contributed by atoms with Crippen molar-refractivity contribution in [3.05, 3.63) is 69.3 Å². The molecule has 0 radical (unpaired) electrons. The van der Waals surface area contributed by atoms with Crippen LogP contribution in [0.3, 0.4) is 0 Å². The zero-order valence-corrected chi connectivity index (χ0v) is 14.7. The maximum absolute atomic E-state index is 12.0. The van der Waals surface area contributed by atoms with Gasteiger partial charge in [0.15, 0.2) is 0 Å². The number of hydrogen-bond acceptors (Lipinski definition) is 2. The maximum atomic E-state index is 12.0. The molecule has 0 fully saturated rings. The number of carboxylic acid groups (broad SMARTS) is 1. The topological polar surface area (TPSA) is 66.4 Å². The number of carbonyl (C=O) groups is 2. The van der Waals surface area contributed by atoms with Gasteiger partial charge in [-0.05, 0) is 46.2 Å². The van der Waals surface area contributed by atoms with Crippen molar-refractivity contribution in [2.24, 2.45) is 0 Å². The van der Waals surface area contributed by atoms with Gasteiger partial charge in [-0.15, -0.1) is 0 Å². The molecule has 0 aromatic heterocycles. The number of aliphatic carboxylic acids is 1. The van der Waals surface area contributed by atoms with Gasteiger partial charge in [0.05, 0.1) is 0 Å². The molecule has 2 aromatic rings. The molecule has 0 unspecified atom stereocenters. The van der Waals surface area contributed by atoms with Gasteiger partial charge in [-0.25, -0.2) is 4.79 Å². The van der Waals surface area contributed by atoms with E-state index in [4.69, 9.17) is 0 Å². The fourth-order valence-electron chi connectivity index (χ4n) is 2.25. The second-order valence-corrected chi connectivity index (χ2v) is 6.40. The number of rotatable bonds is 7. The van der Waals surface area contributed by atoms with Crippen LogP contribution in [0.25, 0.3) is 0 Å². The van der Waals surface area contributed by atoms with E-state index in [1.54, 1.807) is 0 Å². The van der Waals surface area contributed by atoms with E-state index in [0.29, 0.717) is 6.42 Å². The van der Waals surface area contributed by atoms with Crippen LogP contribution in [0, 0.1) is 3.57 Å². The number of hydrogen-bond donors (Lipinski definition) is 2. The van der Waals surface area contributed by atoms with Gasteiger partial charge < -0.3 is 10.4 Å². The average Bonchev–Trinajstić information content (AvgIpc) is 2.55. The summed E-state index contributed by atoms with van der Waals surface area (Å²) < 4.78 is 0.995. The van der Waals surface area contributed by atoms with Gasteiger partial charge in [0.2, 0.25) is 5.91 Å². The third-order valence-electron chi connectivity index (χ3n) is 3.50. The van der Waals surface area contributed by atoms with Crippen molar-refractivity contribution in [3.8, 4) is 0 Å². The summed E-state index contributed by atoms with van der Waals surface area (Å²) in [5.74, 6) is -1.26. The maximum Gasteiger partial charge on any atom is 0.326 e. The van der Waals surface area contributed by atoms with Crippen LogP contribution in [0.2, 0.25) is 0 Å². The molecule has 2 aromatic carbocycles. The van der Waals surface area contributed by atoms with Gasteiger partial charge in [-0.3, -0.25) is 4.79 Å². The van der Waals surface area contributed by atoms with Crippen LogP contribution in [-0.2, 0) is 22.4 Å². The first kappa shape index (κ1) is 17.5. The molecular formula is C18H18INO3. The lowest BCUT2D eigenvalue weighted by Gasteiger charge is -2.15. The molecule has 0 spiro atoms. The summed E-state index contributed by atoms with van der Waals surface area (Å²) in [7, 11) is 0. The van der Waals surface area contributed by atoms with Crippen LogP contribution in [0.15, 0.2) is 54.6 Å². The van der Waals surface area contributed by atoms with Crippen LogP contribution in [0.4, 0.5) is 0 Å². The Labute approximate surface area is 149 Å². The number of nitrogens with one attached hydrogen (secondary N) is 1. The summed E-state index contributed by atoms with van der Waals surface area (Å²) >= 11 is 2.17. The first-order valence-corrected chi connectivity index (χ1v) is 8.43. The molecule has 5 heteroatoms. The monoisotopic (exact) mass is 423 g/mol. The molecule has 2 N–H and O–H groups in total. The van der Waals surface area contributed by atoms with E-state index >= 15 is 0 Å². The van der Waals surface area contributed by atoms with Crippen molar-refractivity contribution in [3.63, 3.8) is 0 Å². The molecule has 0 saturated heterocycles. The first-order valence-electron chi connectivity index (χ1n) is 7.36. The molecule has 1 amide bonds. The van der Waals surface area contributed by atoms with E-state index in [9.17, 15) is 14.7 Å². The molecule has 0 aliphatic heterocycles. The minimum Gasteiger partial charge on any atom is -0.480 e. The Hall–Kier alpha value is -1.89. The number of carboxylic acids is 1. The van der Waals surface area contributed by atoms with E-state index in [-0.39, 0.29) is 18.7 Å². The SMILES string of the molecule is O=C(CCc1ccccc1)N[C@H](Cc1ccccc1I)C(=O)O. The largest absolute Gasteiger partial charge is 0.480 e. The smallest absolute Gasteiger partial charge is 0.326 e. The van der Waals surface area contributed by atoms with Crippen LogP contribution >= 0.6 is 22.6 Å². The van der Waals surface area contributed by atoms with Gasteiger partial charge in [0.1, 0.15) is 6.04 Å². The zero-order chi connectivity index (χ0) is 16.7. The van der Waals surface area contributed by atoms with Gasteiger partial charge in [0, 0.05) is 16.4 Å². The number of amides is 1. The number of carbonyl (C=O) groups excluding carboxylic acids is 1. The molecule has 120 valence electrons. The summed E-state index contributed by atoms with van der Waals surface area (Å²) in [5.41, 5.74) is 1.98. The Kier molecular flexibility index (Phi) is 6.58. The molecule has 4 nitrogen and oxygen atoms in total. The van der Waals surface area contributed by atoms with Gasteiger partial charge in [-0.2, -0.15) is 0 Å². The Bertz CT molecular complexity index is 673. The molecule has 1 atom stereocenters. The summed E-state index contributed by atoms with van der Waals surface area (Å²) in [5, 5.41) is 12.0. The van der Waals surface area contributed by atoms with Crippen LogP contribution in [0.1, 0.15) is 17.5 Å². The first-order chi connectivity index (χ1) is 11.1. The van der Waals surface area contributed by atoms with E-state index in [1.165, 1.54) is 0 Å². The summed E-state index contributed by atoms with van der Waals surface area (Å²) in [6, 6.07) is 16.3. The number of benzene rings is 2. The lowest BCUT2D eigenvalue weighted by Crippen LogP contribution is -2.42. The predicted octanol–water partition coefficient (Wildman–Crippen LogP) is 3.04. The quantitative estimate of drug-likeness (QED) is 0.673. The molecule has 2 rings (SSSR count). The second-order valence-electron chi connectivity index (χ2n) is 5.24. The van der Waals surface area contributed by atoms with Crippen LogP contribution in [-0.4, -0.2) is 23.0 Å². The second kappa shape index (κ2) is 8.67. The Morgan fingerprint density at radius 2 is 1.70 bits per heavy atom. The lowest BCUT2D eigenvalue weighted by atomic mass is 10.1. The molecule has 0 saturated carbocycles. The summed E-state index contributed by atoms with van der Waals surface area (Å²) in [4.78, 5) is 23.4. The Morgan fingerprint density at radius 3 is 2.35 bits per heavy atom. The van der Waals surface area contributed by atoms with Gasteiger partial charge in [0.25, 0.3) is 0 Å². The zero-order valence-electron chi connectivity index (χ0n) is 12.5. The number of aryl methyl sites for hydroxylation is 1. The Morgan fingerprint density at radius 1 is 1.04 bits per heavy atom. The van der Waals surface area contributed by atoms with E-state index in [1.807, 2.05) is 54.6 Å². The standard InChI is InChI=1S/C18H18INO3/c19-15-9-5-4-8-14(15)12-16(18(22)23)20-17(21)11-10-13-6-2-1-3-7-13/h1-9,16H,10-12H2,(H,20,21)(H,22,23)/t16-/m1/s1. The van der Waals surface area contributed by atoms with Crippen LogP contribution < -0.4 is 5.32 Å². The highest BCUT2D eigenvalue weighted by atomic mass is 127. The van der Waals surface area contributed by atoms with Crippen molar-refractivity contribution >= 4 is 34.5 Å². The minimum absolute atomic E-state index is 0.243. The molecule has 0 aliphatic rings. The fraction of sp³-hybridized carbons (Fsp3) is 0.222. The van der Waals surface area contributed by atoms with Crippen molar-refractivity contribution in [2.45, 2.75) is 25.3 Å². The molecule has 0 bridgehead atoms. The molecule has 0 heterocycles. The molecular weight excluding hydrogens is 405 g/mol. The van der Waals surface area contributed by atoms with Crippen molar-refractivity contribution in [2.75, 3.05) is 0 Å². The average molecular weight is 423 g/mol. The minimum atomic E-state index is -1.02. The van der Waals surface area contributed by atoms with E-state index in [2.05, 4.69) is 27.9 Å². The van der Waals surface area contributed by atoms with Crippen molar-refractivity contribution < 1.29 is 14.7 Å². The highest BCUT2D eigenvalue weighted by Gasteiger charge is 2.21. The van der Waals surface area contributed by atoms with Gasteiger partial charge >= 0.3 is 5.97 Å². The third kappa shape index (κ3) is 5.67. The van der Waals surface area contributed by atoms with Crippen molar-refractivity contribution in [1.29, 1.82) is 0 Å². The van der Waals surface area contributed by atoms with Crippen molar-refractivity contribution in [1.82, 2.24) is 5.32 Å². The third-order valence-corrected chi connectivity index (χ3v) is 4.55. The van der Waals surface area contributed by atoms with Gasteiger partial charge in [-0.1, -0.05) is 48.5 Å². The van der Waals surface area contributed by atoms with E-state index < -0.39 is 12.0 Å². The fourth-order valence-corrected chi connectivity index (χ4v) is 2.86. The lowest BCUT2D eigenvalue weighted by molar-refractivity contribution is -0.141. The molecule has 0 aliphatic carbocycles. The van der Waals surface area contributed by atoms with Crippen LogP contribution in [0.5, 0.6) is 0 Å². The normalized spacial score (nSPS) is 11.7. The molecule has 23 heavy (non-hydrogen) atoms. The van der Waals surface area contributed by atoms with E-state index in [0.717, 1.165) is 14.7 Å². The highest BCUT2D eigenvalue weighted by molar-refractivity contribution is 14.1. The summed E-state index contributed by atoms with van der Waals surface area (Å²) in [6.07, 6.45) is 1.16. The number of halogens is 1. The predicted molar refractivity (Wildman–Crippen MR) is 97.2 cm³/mol.